The largest absolute Gasteiger partial charge is 0.336 e. The van der Waals surface area contributed by atoms with E-state index in [1.54, 1.807) is 0 Å². The van der Waals surface area contributed by atoms with Crippen LogP contribution in [-0.2, 0) is 6.54 Å². The molecule has 7 nitrogen and oxygen atoms in total. The molecule has 2 fully saturated rings. The Morgan fingerprint density at radius 2 is 1.89 bits per heavy atom. The van der Waals surface area contributed by atoms with Gasteiger partial charge in [-0.05, 0) is 37.9 Å². The van der Waals surface area contributed by atoms with Crippen molar-refractivity contribution in [3.05, 3.63) is 47.8 Å². The molecule has 27 heavy (non-hydrogen) atoms. The normalized spacial score (nSPS) is 19.8. The summed E-state index contributed by atoms with van der Waals surface area (Å²) in [5, 5.41) is 11.8. The van der Waals surface area contributed by atoms with Crippen molar-refractivity contribution in [2.75, 3.05) is 39.3 Å². The summed E-state index contributed by atoms with van der Waals surface area (Å²) in [5.74, 6) is 0.0109. The zero-order valence-corrected chi connectivity index (χ0v) is 15.8. The van der Waals surface area contributed by atoms with Crippen LogP contribution in [0.25, 0.3) is 0 Å². The molecule has 4 rings (SSSR count). The number of rotatable bonds is 4. The number of nitrogens with one attached hydrogen (secondary N) is 1. The molecular weight excluding hydrogens is 340 g/mol. The van der Waals surface area contributed by atoms with E-state index in [9.17, 15) is 4.79 Å². The van der Waals surface area contributed by atoms with Gasteiger partial charge >= 0.3 is 0 Å². The monoisotopic (exact) mass is 368 g/mol. The van der Waals surface area contributed by atoms with E-state index in [4.69, 9.17) is 0 Å². The number of aromatic nitrogens is 3. The molecule has 2 aliphatic rings. The Hall–Kier alpha value is -2.25. The first-order chi connectivity index (χ1) is 13.3. The van der Waals surface area contributed by atoms with Crippen molar-refractivity contribution in [1.82, 2.24) is 30.1 Å². The Kier molecular flexibility index (Phi) is 5.79. The van der Waals surface area contributed by atoms with Crippen molar-refractivity contribution >= 4 is 5.91 Å². The molecule has 0 spiro atoms. The second-order valence-corrected chi connectivity index (χ2v) is 7.47. The lowest BCUT2D eigenvalue weighted by Crippen LogP contribution is -2.35. The van der Waals surface area contributed by atoms with Gasteiger partial charge in [-0.2, -0.15) is 0 Å². The summed E-state index contributed by atoms with van der Waals surface area (Å²) >= 11 is 0. The number of piperidine rings is 1. The Balaban J connectivity index is 1.34. The third-order valence-corrected chi connectivity index (χ3v) is 5.54. The molecule has 0 unspecified atom stereocenters. The Morgan fingerprint density at radius 1 is 1.07 bits per heavy atom. The van der Waals surface area contributed by atoms with Crippen LogP contribution in [-0.4, -0.2) is 70.0 Å². The van der Waals surface area contributed by atoms with E-state index in [1.807, 2.05) is 21.8 Å². The van der Waals surface area contributed by atoms with Gasteiger partial charge in [-0.3, -0.25) is 9.69 Å². The van der Waals surface area contributed by atoms with Gasteiger partial charge in [-0.1, -0.05) is 35.5 Å². The maximum absolute atomic E-state index is 12.9. The Labute approximate surface area is 160 Å². The molecular formula is C20H28N6O. The second-order valence-electron chi connectivity index (χ2n) is 7.47. The second kappa shape index (κ2) is 8.63. The zero-order valence-electron chi connectivity index (χ0n) is 15.8. The van der Waals surface area contributed by atoms with Gasteiger partial charge in [0, 0.05) is 32.7 Å². The molecule has 0 saturated carbocycles. The van der Waals surface area contributed by atoms with E-state index in [-0.39, 0.29) is 5.91 Å². The van der Waals surface area contributed by atoms with Gasteiger partial charge in [0.2, 0.25) is 0 Å². The fraction of sp³-hybridized carbons (Fsp3) is 0.550. The highest BCUT2D eigenvalue weighted by Crippen LogP contribution is 2.18. The van der Waals surface area contributed by atoms with E-state index >= 15 is 0 Å². The van der Waals surface area contributed by atoms with Crippen LogP contribution >= 0.6 is 0 Å². The first kappa shape index (κ1) is 18.1. The van der Waals surface area contributed by atoms with Crippen LogP contribution in [0.15, 0.2) is 36.5 Å². The van der Waals surface area contributed by atoms with Crippen molar-refractivity contribution < 1.29 is 4.79 Å². The van der Waals surface area contributed by atoms with E-state index in [0.29, 0.717) is 11.7 Å². The van der Waals surface area contributed by atoms with Gasteiger partial charge in [-0.25, -0.2) is 4.68 Å². The van der Waals surface area contributed by atoms with E-state index in [2.05, 4.69) is 44.8 Å². The standard InChI is InChI=1S/C20H28N6O/c27-20(19-16-26(23-22-19)18-7-9-21-10-8-18)25-12-4-11-24(13-14-25)15-17-5-2-1-3-6-17/h1-3,5-6,16,18,21H,4,7-15H2. The SMILES string of the molecule is O=C(c1cn(C2CCNCC2)nn1)N1CCCN(Cc2ccccc2)CC1. The van der Waals surface area contributed by atoms with Crippen LogP contribution < -0.4 is 5.32 Å². The predicted molar refractivity (Wildman–Crippen MR) is 103 cm³/mol. The van der Waals surface area contributed by atoms with Crippen LogP contribution in [0.4, 0.5) is 0 Å². The lowest BCUT2D eigenvalue weighted by Gasteiger charge is -2.22. The molecule has 2 saturated heterocycles. The summed E-state index contributed by atoms with van der Waals surface area (Å²) in [5.41, 5.74) is 1.80. The van der Waals surface area contributed by atoms with Crippen molar-refractivity contribution in [2.45, 2.75) is 31.8 Å². The first-order valence-electron chi connectivity index (χ1n) is 9.98. The summed E-state index contributed by atoms with van der Waals surface area (Å²) < 4.78 is 1.88. The van der Waals surface area contributed by atoms with Gasteiger partial charge in [0.25, 0.3) is 5.91 Å². The maximum atomic E-state index is 12.9. The summed E-state index contributed by atoms with van der Waals surface area (Å²) in [7, 11) is 0. The van der Waals surface area contributed by atoms with E-state index in [0.717, 1.165) is 65.1 Å². The molecule has 0 radical (unpaired) electrons. The predicted octanol–water partition coefficient (Wildman–Crippen LogP) is 1.55. The minimum absolute atomic E-state index is 0.0109. The summed E-state index contributed by atoms with van der Waals surface area (Å²) in [6.45, 7) is 6.36. The topological polar surface area (TPSA) is 66.3 Å². The molecule has 2 aliphatic heterocycles. The number of carbonyl (C=O) groups excluding carboxylic acids is 1. The van der Waals surface area contributed by atoms with Gasteiger partial charge in [0.05, 0.1) is 12.2 Å². The minimum Gasteiger partial charge on any atom is -0.336 e. The minimum atomic E-state index is 0.0109. The fourth-order valence-corrected chi connectivity index (χ4v) is 3.96. The molecule has 1 aromatic heterocycles. The van der Waals surface area contributed by atoms with Crippen LogP contribution in [0.3, 0.4) is 0 Å². The zero-order chi connectivity index (χ0) is 18.5. The summed E-state index contributed by atoms with van der Waals surface area (Å²) in [6.07, 6.45) is 4.90. The molecule has 2 aromatic rings. The van der Waals surface area contributed by atoms with Crippen molar-refractivity contribution in [1.29, 1.82) is 0 Å². The average molecular weight is 368 g/mol. The third-order valence-electron chi connectivity index (χ3n) is 5.54. The molecule has 3 heterocycles. The van der Waals surface area contributed by atoms with Crippen LogP contribution in [0.2, 0.25) is 0 Å². The molecule has 0 bridgehead atoms. The van der Waals surface area contributed by atoms with Crippen LogP contribution in [0, 0.1) is 0 Å². The quantitative estimate of drug-likeness (QED) is 0.887. The number of benzene rings is 1. The highest BCUT2D eigenvalue weighted by Gasteiger charge is 2.24. The van der Waals surface area contributed by atoms with Crippen molar-refractivity contribution in [3.63, 3.8) is 0 Å². The summed E-state index contributed by atoms with van der Waals surface area (Å²) in [6, 6.07) is 10.9. The number of carbonyl (C=O) groups is 1. The highest BCUT2D eigenvalue weighted by molar-refractivity contribution is 5.91. The Morgan fingerprint density at radius 3 is 2.70 bits per heavy atom. The molecule has 0 atom stereocenters. The van der Waals surface area contributed by atoms with E-state index in [1.165, 1.54) is 5.56 Å². The van der Waals surface area contributed by atoms with Crippen molar-refractivity contribution in [2.24, 2.45) is 0 Å². The molecule has 144 valence electrons. The maximum Gasteiger partial charge on any atom is 0.276 e. The molecule has 0 aliphatic carbocycles. The summed E-state index contributed by atoms with van der Waals surface area (Å²) in [4.78, 5) is 17.3. The molecule has 1 amide bonds. The number of amides is 1. The van der Waals surface area contributed by atoms with E-state index < -0.39 is 0 Å². The molecule has 1 aromatic carbocycles. The Bertz CT molecular complexity index is 740. The van der Waals surface area contributed by atoms with Gasteiger partial charge < -0.3 is 10.2 Å². The van der Waals surface area contributed by atoms with Crippen molar-refractivity contribution in [3.8, 4) is 0 Å². The lowest BCUT2D eigenvalue weighted by atomic mass is 10.1. The lowest BCUT2D eigenvalue weighted by molar-refractivity contribution is 0.0755. The third kappa shape index (κ3) is 4.54. The van der Waals surface area contributed by atoms with Gasteiger partial charge in [0.15, 0.2) is 5.69 Å². The van der Waals surface area contributed by atoms with Crippen LogP contribution in [0.5, 0.6) is 0 Å². The number of hydrogen-bond donors (Lipinski definition) is 1. The smallest absolute Gasteiger partial charge is 0.276 e. The number of hydrogen-bond acceptors (Lipinski definition) is 5. The molecule has 1 N–H and O–H groups in total. The number of nitrogens with zero attached hydrogens (tertiary/aromatic N) is 5. The highest BCUT2D eigenvalue weighted by atomic mass is 16.2. The first-order valence-corrected chi connectivity index (χ1v) is 9.98. The van der Waals surface area contributed by atoms with Gasteiger partial charge in [0.1, 0.15) is 0 Å². The van der Waals surface area contributed by atoms with Crippen LogP contribution in [0.1, 0.15) is 41.4 Å². The fourth-order valence-electron chi connectivity index (χ4n) is 3.96. The average Bonchev–Trinajstić information content (AvgIpc) is 3.10. The van der Waals surface area contributed by atoms with Gasteiger partial charge in [-0.15, -0.1) is 5.10 Å². The molecule has 7 heteroatoms.